The molecule has 4 heterocycles. The topological polar surface area (TPSA) is 99.2 Å². The average molecular weight is 432 g/mol. The van der Waals surface area contributed by atoms with Gasteiger partial charge >= 0.3 is 6.61 Å². The number of aryl methyl sites for hydroxylation is 2. The van der Waals surface area contributed by atoms with Crippen LogP contribution in [0.2, 0.25) is 0 Å². The molecule has 3 aromatic rings. The highest BCUT2D eigenvalue weighted by molar-refractivity contribution is 5.58. The van der Waals surface area contributed by atoms with Gasteiger partial charge in [-0.05, 0) is 38.8 Å². The number of alkyl halides is 2. The van der Waals surface area contributed by atoms with Crippen LogP contribution in [0.1, 0.15) is 29.9 Å². The average Bonchev–Trinajstić information content (AvgIpc) is 3.10. The Morgan fingerprint density at radius 1 is 1.23 bits per heavy atom. The molecule has 31 heavy (non-hydrogen) atoms. The Bertz CT molecular complexity index is 1090. The summed E-state index contributed by atoms with van der Waals surface area (Å²) in [5, 5.41) is 16.5. The zero-order valence-corrected chi connectivity index (χ0v) is 17.2. The zero-order valence-electron chi connectivity index (χ0n) is 17.2. The monoisotopic (exact) mass is 432 g/mol. The molecule has 0 aliphatic carbocycles. The molecule has 0 unspecified atom stereocenters. The first kappa shape index (κ1) is 21.0. The second kappa shape index (κ2) is 8.88. The summed E-state index contributed by atoms with van der Waals surface area (Å²) in [4.78, 5) is 14.6. The Kier molecular flexibility index (Phi) is 6.03. The van der Waals surface area contributed by atoms with Crippen LogP contribution in [0.3, 0.4) is 0 Å². The summed E-state index contributed by atoms with van der Waals surface area (Å²) in [5.74, 6) is 0.566. The van der Waals surface area contributed by atoms with Gasteiger partial charge in [0.05, 0.1) is 30.2 Å². The third-order valence-electron chi connectivity index (χ3n) is 5.29. The van der Waals surface area contributed by atoms with Gasteiger partial charge in [-0.2, -0.15) is 19.0 Å². The van der Waals surface area contributed by atoms with E-state index in [1.165, 1.54) is 10.7 Å². The van der Waals surface area contributed by atoms with Crippen LogP contribution in [0, 0.1) is 13.8 Å². The minimum Gasteiger partial charge on any atom is -0.370 e. The van der Waals surface area contributed by atoms with Crippen molar-refractivity contribution in [2.75, 3.05) is 18.0 Å². The summed E-state index contributed by atoms with van der Waals surface area (Å²) >= 11 is 0. The Labute approximate surface area is 176 Å². The van der Waals surface area contributed by atoms with E-state index in [1.54, 1.807) is 19.2 Å². The summed E-state index contributed by atoms with van der Waals surface area (Å²) in [6, 6.07) is 5.12. The summed E-state index contributed by atoms with van der Waals surface area (Å²) in [7, 11) is 0. The van der Waals surface area contributed by atoms with E-state index in [0.717, 1.165) is 5.69 Å². The molecule has 1 fully saturated rings. The largest absolute Gasteiger partial charge is 0.370 e. The maximum atomic E-state index is 12.7. The van der Waals surface area contributed by atoms with E-state index >= 15 is 0 Å². The van der Waals surface area contributed by atoms with Gasteiger partial charge in [0.1, 0.15) is 17.1 Å². The second-order valence-corrected chi connectivity index (χ2v) is 7.42. The van der Waals surface area contributed by atoms with Crippen LogP contribution in [0.4, 0.5) is 14.5 Å². The van der Waals surface area contributed by atoms with Crippen molar-refractivity contribution in [3.8, 4) is 11.4 Å². The zero-order chi connectivity index (χ0) is 22.0. The highest BCUT2D eigenvalue weighted by Crippen LogP contribution is 2.24. The van der Waals surface area contributed by atoms with E-state index in [0.29, 0.717) is 54.3 Å². The van der Waals surface area contributed by atoms with E-state index in [4.69, 9.17) is 4.52 Å². The molecular formula is C20H22F2N6O3. The van der Waals surface area contributed by atoms with Crippen LogP contribution < -0.4 is 10.5 Å². The molecule has 164 valence electrons. The number of halogens is 2. The predicted octanol–water partition coefficient (Wildman–Crippen LogP) is 2.56. The number of hydrogen-bond donors (Lipinski definition) is 0. The third-order valence-corrected chi connectivity index (χ3v) is 5.29. The van der Waals surface area contributed by atoms with Crippen molar-refractivity contribution in [1.29, 1.82) is 0 Å². The fourth-order valence-corrected chi connectivity index (χ4v) is 3.56. The molecule has 0 N–H and O–H groups in total. The number of piperidine rings is 1. The summed E-state index contributed by atoms with van der Waals surface area (Å²) in [6.07, 6.45) is 2.07. The Balaban J connectivity index is 1.50. The van der Waals surface area contributed by atoms with Crippen molar-refractivity contribution >= 4 is 5.69 Å². The van der Waals surface area contributed by atoms with Crippen LogP contribution in [0.5, 0.6) is 0 Å². The molecule has 0 radical (unpaired) electrons. The lowest BCUT2D eigenvalue weighted by Crippen LogP contribution is -2.38. The first-order chi connectivity index (χ1) is 14.9. The number of anilines is 1. The van der Waals surface area contributed by atoms with E-state index in [9.17, 15) is 13.6 Å². The normalized spacial score (nSPS) is 15.1. The van der Waals surface area contributed by atoms with Gasteiger partial charge < -0.3 is 14.2 Å². The molecule has 9 nitrogen and oxygen atoms in total. The molecule has 1 aliphatic rings. The van der Waals surface area contributed by atoms with Crippen molar-refractivity contribution < 1.29 is 18.0 Å². The summed E-state index contributed by atoms with van der Waals surface area (Å²) in [6.45, 7) is 2.04. The van der Waals surface area contributed by atoms with E-state index in [-0.39, 0.29) is 12.1 Å². The molecule has 11 heteroatoms. The predicted molar refractivity (Wildman–Crippen MR) is 107 cm³/mol. The molecular weight excluding hydrogens is 410 g/mol. The number of nitrogens with zero attached hydrogens (tertiary/aromatic N) is 6. The summed E-state index contributed by atoms with van der Waals surface area (Å²) in [5.41, 5.74) is 2.92. The van der Waals surface area contributed by atoms with Gasteiger partial charge in [-0.1, -0.05) is 5.16 Å². The van der Waals surface area contributed by atoms with E-state index < -0.39 is 12.7 Å². The third kappa shape index (κ3) is 4.76. The van der Waals surface area contributed by atoms with Crippen LogP contribution in [-0.2, 0) is 11.3 Å². The fourth-order valence-electron chi connectivity index (χ4n) is 3.56. The van der Waals surface area contributed by atoms with Crippen molar-refractivity contribution in [3.63, 3.8) is 0 Å². The van der Waals surface area contributed by atoms with Gasteiger partial charge in [-0.3, -0.25) is 4.79 Å². The Morgan fingerprint density at radius 3 is 2.65 bits per heavy atom. The van der Waals surface area contributed by atoms with Crippen LogP contribution in [0.25, 0.3) is 11.4 Å². The number of rotatable bonds is 6. The molecule has 0 spiro atoms. The molecule has 3 aromatic heterocycles. The lowest BCUT2D eigenvalue weighted by molar-refractivity contribution is -0.166. The first-order valence-corrected chi connectivity index (χ1v) is 9.92. The molecule has 0 bridgehead atoms. The number of ether oxygens (including phenoxy) is 1. The minimum atomic E-state index is -2.77. The first-order valence-electron chi connectivity index (χ1n) is 9.92. The Morgan fingerprint density at radius 2 is 2.00 bits per heavy atom. The number of aromatic nitrogens is 5. The van der Waals surface area contributed by atoms with Gasteiger partial charge in [0, 0.05) is 24.7 Å². The smallest absolute Gasteiger partial charge is 0.345 e. The quantitative estimate of drug-likeness (QED) is 0.586. The molecule has 1 aliphatic heterocycles. The molecule has 1 saturated heterocycles. The second-order valence-electron chi connectivity index (χ2n) is 7.42. The number of hydrogen-bond acceptors (Lipinski definition) is 8. The fraction of sp³-hybridized carbons (Fsp3) is 0.450. The molecule has 0 saturated carbocycles. The highest BCUT2D eigenvalue weighted by atomic mass is 19.3. The molecule has 0 atom stereocenters. The Hall–Kier alpha value is -3.21. The lowest BCUT2D eigenvalue weighted by Gasteiger charge is -2.32. The van der Waals surface area contributed by atoms with Crippen LogP contribution in [0.15, 0.2) is 33.7 Å². The standard InChI is InChI=1S/C20H22F2N6O3/c1-12-3-4-17(25-24-12)19-16(13(2)31-26-19)11-28-18(29)9-14(10-23-28)27-7-5-15(6-8-27)30-20(21)22/h3-4,9-10,15,20H,5-8,11H2,1-2H3. The van der Waals surface area contributed by atoms with Crippen molar-refractivity contribution in [2.24, 2.45) is 0 Å². The maximum Gasteiger partial charge on any atom is 0.345 e. The van der Waals surface area contributed by atoms with Crippen molar-refractivity contribution in [3.05, 3.63) is 51.8 Å². The molecule has 4 rings (SSSR count). The van der Waals surface area contributed by atoms with Gasteiger partial charge in [0.25, 0.3) is 5.56 Å². The highest BCUT2D eigenvalue weighted by Gasteiger charge is 2.23. The van der Waals surface area contributed by atoms with Crippen molar-refractivity contribution in [1.82, 2.24) is 25.1 Å². The molecule has 0 aromatic carbocycles. The van der Waals surface area contributed by atoms with Gasteiger partial charge in [-0.15, -0.1) is 5.10 Å². The minimum absolute atomic E-state index is 0.170. The molecule has 0 amide bonds. The van der Waals surface area contributed by atoms with Crippen molar-refractivity contribution in [2.45, 2.75) is 45.9 Å². The van der Waals surface area contributed by atoms with E-state index in [2.05, 4.69) is 25.2 Å². The maximum absolute atomic E-state index is 12.7. The van der Waals surface area contributed by atoms with Crippen LogP contribution >= 0.6 is 0 Å². The van der Waals surface area contributed by atoms with Gasteiger partial charge in [-0.25, -0.2) is 4.68 Å². The van der Waals surface area contributed by atoms with Crippen LogP contribution in [-0.4, -0.2) is 50.9 Å². The van der Waals surface area contributed by atoms with Gasteiger partial charge in [0.15, 0.2) is 0 Å². The van der Waals surface area contributed by atoms with E-state index in [1.807, 2.05) is 17.9 Å². The SMILES string of the molecule is Cc1ccc(-c2noc(C)c2Cn2ncc(N3CCC(OC(F)F)CC3)cc2=O)nn1. The van der Waals surface area contributed by atoms with Gasteiger partial charge in [0.2, 0.25) is 0 Å². The lowest BCUT2D eigenvalue weighted by atomic mass is 10.1. The summed E-state index contributed by atoms with van der Waals surface area (Å²) < 4.78 is 35.9.